The van der Waals surface area contributed by atoms with Gasteiger partial charge in [0.15, 0.2) is 0 Å². The first-order valence-electron chi connectivity index (χ1n) is 4.10. The van der Waals surface area contributed by atoms with Gasteiger partial charge >= 0.3 is 0 Å². The zero-order valence-corrected chi connectivity index (χ0v) is 7.46. The standard InChI is InChI=1S/C11H11FO/c1-9-8-10(4-2-3-7-13)5-6-11(9)12/h2,4-8H,3H2,1H3. The Kier molecular flexibility index (Phi) is 3.38. The Morgan fingerprint density at radius 1 is 1.46 bits per heavy atom. The van der Waals surface area contributed by atoms with Crippen molar-refractivity contribution < 1.29 is 9.18 Å². The quantitative estimate of drug-likeness (QED) is 0.650. The Morgan fingerprint density at radius 2 is 2.23 bits per heavy atom. The van der Waals surface area contributed by atoms with Gasteiger partial charge in [0.1, 0.15) is 12.1 Å². The van der Waals surface area contributed by atoms with Crippen LogP contribution < -0.4 is 0 Å². The lowest BCUT2D eigenvalue weighted by atomic mass is 10.1. The van der Waals surface area contributed by atoms with Crippen molar-refractivity contribution in [3.8, 4) is 0 Å². The zero-order valence-electron chi connectivity index (χ0n) is 7.46. The minimum absolute atomic E-state index is 0.201. The lowest BCUT2D eigenvalue weighted by molar-refractivity contribution is -0.107. The molecule has 1 rings (SSSR count). The van der Waals surface area contributed by atoms with Crippen LogP contribution in [0, 0.1) is 12.7 Å². The number of allylic oxidation sites excluding steroid dienone is 1. The number of aldehydes is 1. The first-order valence-corrected chi connectivity index (χ1v) is 4.10. The lowest BCUT2D eigenvalue weighted by Crippen LogP contribution is -1.82. The van der Waals surface area contributed by atoms with Gasteiger partial charge in [0.25, 0.3) is 0 Å². The Balaban J connectivity index is 2.79. The average Bonchev–Trinajstić information content (AvgIpc) is 2.12. The number of benzene rings is 1. The van der Waals surface area contributed by atoms with E-state index in [9.17, 15) is 9.18 Å². The normalized spacial score (nSPS) is 10.6. The van der Waals surface area contributed by atoms with Crippen molar-refractivity contribution in [3.05, 3.63) is 41.2 Å². The second-order valence-electron chi connectivity index (χ2n) is 2.81. The third kappa shape index (κ3) is 2.82. The molecule has 1 aromatic carbocycles. The Labute approximate surface area is 76.9 Å². The molecular weight excluding hydrogens is 167 g/mol. The molecule has 0 aliphatic carbocycles. The van der Waals surface area contributed by atoms with Crippen LogP contribution in [-0.2, 0) is 4.79 Å². The van der Waals surface area contributed by atoms with Gasteiger partial charge in [0.2, 0.25) is 0 Å². The maximum Gasteiger partial charge on any atom is 0.126 e. The summed E-state index contributed by atoms with van der Waals surface area (Å²) in [5.41, 5.74) is 1.54. The van der Waals surface area contributed by atoms with Crippen molar-refractivity contribution in [3.63, 3.8) is 0 Å². The van der Waals surface area contributed by atoms with Crippen LogP contribution in [-0.4, -0.2) is 6.29 Å². The average molecular weight is 178 g/mol. The Hall–Kier alpha value is -1.44. The van der Waals surface area contributed by atoms with Gasteiger partial charge in [-0.3, -0.25) is 0 Å². The summed E-state index contributed by atoms with van der Waals surface area (Å²) in [4.78, 5) is 10.0. The third-order valence-corrected chi connectivity index (χ3v) is 1.72. The van der Waals surface area contributed by atoms with Crippen molar-refractivity contribution >= 4 is 12.4 Å². The third-order valence-electron chi connectivity index (χ3n) is 1.72. The molecule has 2 heteroatoms. The topological polar surface area (TPSA) is 17.1 Å². The molecule has 0 saturated heterocycles. The number of hydrogen-bond donors (Lipinski definition) is 0. The van der Waals surface area contributed by atoms with E-state index < -0.39 is 0 Å². The van der Waals surface area contributed by atoms with E-state index in [1.807, 2.05) is 0 Å². The van der Waals surface area contributed by atoms with Crippen molar-refractivity contribution in [2.24, 2.45) is 0 Å². The molecule has 0 amide bonds. The van der Waals surface area contributed by atoms with E-state index in [1.165, 1.54) is 6.07 Å². The second kappa shape index (κ2) is 4.55. The molecule has 0 aliphatic rings. The smallest absolute Gasteiger partial charge is 0.126 e. The highest BCUT2D eigenvalue weighted by Crippen LogP contribution is 2.10. The van der Waals surface area contributed by atoms with Crippen molar-refractivity contribution in [1.29, 1.82) is 0 Å². The maximum absolute atomic E-state index is 12.8. The fourth-order valence-electron chi connectivity index (χ4n) is 1.03. The zero-order chi connectivity index (χ0) is 9.68. The summed E-state index contributed by atoms with van der Waals surface area (Å²) in [6, 6.07) is 4.86. The van der Waals surface area contributed by atoms with Crippen LogP contribution in [0.5, 0.6) is 0 Å². The largest absolute Gasteiger partial charge is 0.303 e. The number of rotatable bonds is 3. The fourth-order valence-corrected chi connectivity index (χ4v) is 1.03. The molecule has 0 aliphatic heterocycles. The van der Waals surface area contributed by atoms with E-state index in [4.69, 9.17) is 0 Å². The summed E-state index contributed by atoms with van der Waals surface area (Å²) in [6.45, 7) is 1.71. The number of carbonyl (C=O) groups is 1. The minimum Gasteiger partial charge on any atom is -0.303 e. The van der Waals surface area contributed by atoms with Gasteiger partial charge in [0.05, 0.1) is 0 Å². The first kappa shape index (κ1) is 9.65. The van der Waals surface area contributed by atoms with Gasteiger partial charge in [-0.05, 0) is 30.2 Å². The van der Waals surface area contributed by atoms with Gasteiger partial charge in [-0.2, -0.15) is 0 Å². The highest BCUT2D eigenvalue weighted by molar-refractivity contribution is 5.58. The maximum atomic E-state index is 12.8. The van der Waals surface area contributed by atoms with Crippen LogP contribution >= 0.6 is 0 Å². The molecule has 0 heterocycles. The van der Waals surface area contributed by atoms with Crippen LogP contribution in [0.2, 0.25) is 0 Å². The summed E-state index contributed by atoms with van der Waals surface area (Å²) >= 11 is 0. The minimum atomic E-state index is -0.201. The highest BCUT2D eigenvalue weighted by atomic mass is 19.1. The molecule has 68 valence electrons. The molecule has 1 nitrogen and oxygen atoms in total. The van der Waals surface area contributed by atoms with Gasteiger partial charge in [-0.25, -0.2) is 4.39 Å². The molecule has 0 bridgehead atoms. The van der Waals surface area contributed by atoms with Gasteiger partial charge in [-0.1, -0.05) is 18.2 Å². The fraction of sp³-hybridized carbons (Fsp3) is 0.182. The second-order valence-corrected chi connectivity index (χ2v) is 2.81. The van der Waals surface area contributed by atoms with Crippen molar-refractivity contribution in [2.45, 2.75) is 13.3 Å². The Morgan fingerprint density at radius 3 is 2.85 bits per heavy atom. The summed E-state index contributed by atoms with van der Waals surface area (Å²) < 4.78 is 12.8. The van der Waals surface area contributed by atoms with Gasteiger partial charge in [-0.15, -0.1) is 0 Å². The van der Waals surface area contributed by atoms with E-state index in [1.54, 1.807) is 31.2 Å². The van der Waals surface area contributed by atoms with E-state index in [-0.39, 0.29) is 5.82 Å². The predicted molar refractivity (Wildman–Crippen MR) is 50.9 cm³/mol. The van der Waals surface area contributed by atoms with Crippen molar-refractivity contribution in [1.82, 2.24) is 0 Å². The molecule has 0 radical (unpaired) electrons. The molecule has 0 unspecified atom stereocenters. The molecule has 0 fully saturated rings. The van der Waals surface area contributed by atoms with Crippen LogP contribution in [0.3, 0.4) is 0 Å². The number of halogens is 1. The molecule has 0 spiro atoms. The molecular formula is C11H11FO. The molecule has 13 heavy (non-hydrogen) atoms. The first-order chi connectivity index (χ1) is 6.24. The highest BCUT2D eigenvalue weighted by Gasteiger charge is 1.95. The van der Waals surface area contributed by atoms with E-state index in [0.29, 0.717) is 12.0 Å². The summed E-state index contributed by atoms with van der Waals surface area (Å²) in [5.74, 6) is -0.201. The summed E-state index contributed by atoms with van der Waals surface area (Å²) in [6.07, 6.45) is 4.78. The molecule has 0 aromatic heterocycles. The van der Waals surface area contributed by atoms with Crippen molar-refractivity contribution in [2.75, 3.05) is 0 Å². The van der Waals surface area contributed by atoms with Crippen LogP contribution in [0.1, 0.15) is 17.5 Å². The molecule has 1 aromatic rings. The SMILES string of the molecule is Cc1cc(C=CCC=O)ccc1F. The predicted octanol–water partition coefficient (Wildman–Crippen LogP) is 2.74. The Bertz CT molecular complexity index is 329. The summed E-state index contributed by atoms with van der Waals surface area (Å²) in [5, 5.41) is 0. The molecule has 0 N–H and O–H groups in total. The van der Waals surface area contributed by atoms with Crippen LogP contribution in [0.25, 0.3) is 6.08 Å². The van der Waals surface area contributed by atoms with Crippen LogP contribution in [0.4, 0.5) is 4.39 Å². The number of aryl methyl sites for hydroxylation is 1. The molecule has 0 saturated carbocycles. The van der Waals surface area contributed by atoms with E-state index >= 15 is 0 Å². The van der Waals surface area contributed by atoms with Crippen LogP contribution in [0.15, 0.2) is 24.3 Å². The van der Waals surface area contributed by atoms with Gasteiger partial charge < -0.3 is 4.79 Å². The number of hydrogen-bond acceptors (Lipinski definition) is 1. The lowest BCUT2D eigenvalue weighted by Gasteiger charge is -1.97. The monoisotopic (exact) mass is 178 g/mol. The van der Waals surface area contributed by atoms with E-state index in [2.05, 4.69) is 0 Å². The molecule has 0 atom stereocenters. The van der Waals surface area contributed by atoms with E-state index in [0.717, 1.165) is 11.8 Å². The summed E-state index contributed by atoms with van der Waals surface area (Å²) in [7, 11) is 0. The number of carbonyl (C=O) groups excluding carboxylic acids is 1. The van der Waals surface area contributed by atoms with Gasteiger partial charge in [0, 0.05) is 6.42 Å².